The van der Waals surface area contributed by atoms with E-state index in [9.17, 15) is 0 Å². The summed E-state index contributed by atoms with van der Waals surface area (Å²) in [5, 5.41) is 2.43. The van der Waals surface area contributed by atoms with Crippen molar-refractivity contribution in [1.29, 1.82) is 0 Å². The van der Waals surface area contributed by atoms with Crippen LogP contribution in [0, 0.1) is 5.41 Å². The summed E-state index contributed by atoms with van der Waals surface area (Å²) in [5.74, 6) is 2.59. The van der Waals surface area contributed by atoms with Gasteiger partial charge in [0.05, 0.1) is 0 Å². The van der Waals surface area contributed by atoms with Crippen molar-refractivity contribution in [2.75, 3.05) is 44.7 Å². The Labute approximate surface area is 104 Å². The van der Waals surface area contributed by atoms with E-state index in [1.807, 2.05) is 0 Å². The molecular formula is C12H25N3S. The Balaban J connectivity index is 1.84. The predicted octanol–water partition coefficient (Wildman–Crippen LogP) is 1.27. The molecule has 0 aromatic heterocycles. The number of hydrogen-bond acceptors (Lipinski definition) is 4. The van der Waals surface area contributed by atoms with Crippen LogP contribution in [0.5, 0.6) is 0 Å². The van der Waals surface area contributed by atoms with Crippen LogP contribution in [0.2, 0.25) is 0 Å². The molecule has 2 fully saturated rings. The summed E-state index contributed by atoms with van der Waals surface area (Å²) < 4.78 is 0. The van der Waals surface area contributed by atoms with Gasteiger partial charge in [0.1, 0.15) is 0 Å². The highest BCUT2D eigenvalue weighted by Gasteiger charge is 2.33. The minimum absolute atomic E-state index is 0.453. The number of likely N-dealkylation sites (N-methyl/N-ethyl adjacent to an activating group) is 1. The Morgan fingerprint density at radius 3 is 2.50 bits per heavy atom. The minimum atomic E-state index is 0.453. The fourth-order valence-corrected chi connectivity index (χ4v) is 3.90. The van der Waals surface area contributed by atoms with Gasteiger partial charge in [0.15, 0.2) is 0 Å². The first-order valence-corrected chi connectivity index (χ1v) is 7.51. The Kier molecular flexibility index (Phi) is 4.16. The van der Waals surface area contributed by atoms with Gasteiger partial charge in [-0.3, -0.25) is 5.43 Å². The van der Waals surface area contributed by atoms with E-state index in [0.29, 0.717) is 11.5 Å². The highest BCUT2D eigenvalue weighted by Crippen LogP contribution is 2.34. The molecule has 16 heavy (non-hydrogen) atoms. The van der Waals surface area contributed by atoms with Crippen molar-refractivity contribution >= 4 is 11.8 Å². The first-order valence-electron chi connectivity index (χ1n) is 6.35. The van der Waals surface area contributed by atoms with E-state index >= 15 is 0 Å². The summed E-state index contributed by atoms with van der Waals surface area (Å²) in [6, 6.07) is 0.648. The molecule has 2 aliphatic heterocycles. The second kappa shape index (κ2) is 5.25. The van der Waals surface area contributed by atoms with Crippen molar-refractivity contribution in [2.45, 2.75) is 26.3 Å². The number of thioether (sulfide) groups is 1. The topological polar surface area (TPSA) is 18.5 Å². The molecule has 0 spiro atoms. The van der Waals surface area contributed by atoms with E-state index in [2.05, 4.69) is 48.0 Å². The lowest BCUT2D eigenvalue weighted by Crippen LogP contribution is -2.58. The number of hydrogen-bond donors (Lipinski definition) is 1. The molecule has 0 saturated carbocycles. The molecule has 0 aromatic carbocycles. The van der Waals surface area contributed by atoms with E-state index in [1.165, 1.54) is 31.0 Å². The van der Waals surface area contributed by atoms with Crippen LogP contribution in [0.4, 0.5) is 0 Å². The molecule has 1 unspecified atom stereocenters. The molecule has 0 aliphatic carbocycles. The van der Waals surface area contributed by atoms with Crippen molar-refractivity contribution < 1.29 is 0 Å². The fourth-order valence-electron chi connectivity index (χ4n) is 2.30. The number of nitrogens with one attached hydrogen (secondary N) is 1. The Hall–Kier alpha value is 0.230. The van der Waals surface area contributed by atoms with Crippen LogP contribution in [-0.2, 0) is 0 Å². The first kappa shape index (κ1) is 12.7. The second-order valence-corrected chi connectivity index (χ2v) is 6.94. The maximum absolute atomic E-state index is 3.75. The molecule has 0 bridgehead atoms. The molecule has 2 saturated heterocycles. The van der Waals surface area contributed by atoms with Crippen molar-refractivity contribution in [3.63, 3.8) is 0 Å². The van der Waals surface area contributed by atoms with Crippen molar-refractivity contribution in [3.8, 4) is 0 Å². The van der Waals surface area contributed by atoms with Crippen LogP contribution in [0.25, 0.3) is 0 Å². The third kappa shape index (κ3) is 3.13. The quantitative estimate of drug-likeness (QED) is 0.787. The van der Waals surface area contributed by atoms with Gasteiger partial charge in [-0.15, -0.1) is 0 Å². The Bertz CT molecular complexity index is 224. The largest absolute Gasteiger partial charge is 0.304 e. The van der Waals surface area contributed by atoms with Gasteiger partial charge in [-0.2, -0.15) is 11.8 Å². The third-order valence-electron chi connectivity index (χ3n) is 3.96. The molecule has 0 amide bonds. The number of piperazine rings is 1. The van der Waals surface area contributed by atoms with Gasteiger partial charge in [0.2, 0.25) is 0 Å². The van der Waals surface area contributed by atoms with E-state index in [4.69, 9.17) is 0 Å². The Morgan fingerprint density at radius 1 is 1.19 bits per heavy atom. The summed E-state index contributed by atoms with van der Waals surface area (Å²) in [4.78, 5) is 2.40. The van der Waals surface area contributed by atoms with Gasteiger partial charge in [0, 0.05) is 38.0 Å². The molecule has 94 valence electrons. The molecule has 2 aliphatic rings. The lowest BCUT2D eigenvalue weighted by Gasteiger charge is -2.43. The van der Waals surface area contributed by atoms with Gasteiger partial charge in [-0.25, -0.2) is 5.01 Å². The lowest BCUT2D eigenvalue weighted by molar-refractivity contribution is 0.0594. The first-order chi connectivity index (χ1) is 7.58. The highest BCUT2D eigenvalue weighted by molar-refractivity contribution is 7.99. The molecule has 1 atom stereocenters. The molecule has 1 N–H and O–H groups in total. The van der Waals surface area contributed by atoms with Crippen molar-refractivity contribution in [3.05, 3.63) is 0 Å². The van der Waals surface area contributed by atoms with Crippen LogP contribution in [0.3, 0.4) is 0 Å². The molecule has 3 nitrogen and oxygen atoms in total. The third-order valence-corrected chi connectivity index (χ3v) is 5.02. The van der Waals surface area contributed by atoms with E-state index in [1.54, 1.807) is 0 Å². The maximum atomic E-state index is 3.75. The highest BCUT2D eigenvalue weighted by atomic mass is 32.2. The van der Waals surface area contributed by atoms with Crippen LogP contribution in [-0.4, -0.2) is 60.7 Å². The number of rotatable bonds is 2. The van der Waals surface area contributed by atoms with Crippen LogP contribution in [0.1, 0.15) is 20.3 Å². The fraction of sp³-hybridized carbons (Fsp3) is 1.00. The summed E-state index contributed by atoms with van der Waals surface area (Å²) in [7, 11) is 2.21. The van der Waals surface area contributed by atoms with Crippen LogP contribution >= 0.6 is 11.8 Å². The van der Waals surface area contributed by atoms with Gasteiger partial charge < -0.3 is 4.90 Å². The molecule has 2 rings (SSSR count). The molecular weight excluding hydrogens is 218 g/mol. The standard InChI is InChI=1S/C12H25N3S/c1-12(2)4-9-16-10-11(12)13-15-7-5-14(3)6-8-15/h11,13H,4-10H2,1-3H3. The monoisotopic (exact) mass is 243 g/mol. The summed E-state index contributed by atoms with van der Waals surface area (Å²) >= 11 is 2.09. The van der Waals surface area contributed by atoms with Crippen LogP contribution in [0.15, 0.2) is 0 Å². The average Bonchev–Trinajstić information content (AvgIpc) is 2.24. The Morgan fingerprint density at radius 2 is 1.88 bits per heavy atom. The maximum Gasteiger partial charge on any atom is 0.0357 e. The molecule has 0 radical (unpaired) electrons. The number of hydrazine groups is 1. The normalized spacial score (nSPS) is 32.8. The van der Waals surface area contributed by atoms with Crippen LogP contribution < -0.4 is 5.43 Å². The van der Waals surface area contributed by atoms with E-state index in [-0.39, 0.29) is 0 Å². The van der Waals surface area contributed by atoms with E-state index in [0.717, 1.165) is 13.1 Å². The summed E-state index contributed by atoms with van der Waals surface area (Å²) in [6.07, 6.45) is 1.34. The van der Waals surface area contributed by atoms with Gasteiger partial charge in [-0.05, 0) is 24.6 Å². The predicted molar refractivity (Wildman–Crippen MR) is 71.7 cm³/mol. The lowest BCUT2D eigenvalue weighted by atomic mass is 9.82. The SMILES string of the molecule is CN1CCN(NC2CSCCC2(C)C)CC1. The van der Waals surface area contributed by atoms with Crippen molar-refractivity contribution in [2.24, 2.45) is 5.41 Å². The summed E-state index contributed by atoms with van der Waals surface area (Å²) in [5.41, 5.74) is 4.21. The van der Waals surface area contributed by atoms with Gasteiger partial charge >= 0.3 is 0 Å². The zero-order chi connectivity index (χ0) is 11.6. The molecule has 4 heteroatoms. The molecule has 2 heterocycles. The zero-order valence-corrected chi connectivity index (χ0v) is 11.6. The zero-order valence-electron chi connectivity index (χ0n) is 10.8. The van der Waals surface area contributed by atoms with Gasteiger partial charge in [0.25, 0.3) is 0 Å². The van der Waals surface area contributed by atoms with Gasteiger partial charge in [-0.1, -0.05) is 13.8 Å². The van der Waals surface area contributed by atoms with Crippen molar-refractivity contribution in [1.82, 2.24) is 15.3 Å². The van der Waals surface area contributed by atoms with E-state index < -0.39 is 0 Å². The smallest absolute Gasteiger partial charge is 0.0357 e. The minimum Gasteiger partial charge on any atom is -0.304 e. The summed E-state index contributed by atoms with van der Waals surface area (Å²) in [6.45, 7) is 9.50. The second-order valence-electron chi connectivity index (χ2n) is 5.79. The molecule has 0 aromatic rings. The average molecular weight is 243 g/mol. The number of nitrogens with zero attached hydrogens (tertiary/aromatic N) is 2.